The van der Waals surface area contributed by atoms with Crippen LogP contribution in [0.4, 0.5) is 4.79 Å². The van der Waals surface area contributed by atoms with Crippen molar-refractivity contribution in [3.63, 3.8) is 0 Å². The lowest BCUT2D eigenvalue weighted by atomic mass is 9.99. The molecule has 1 saturated heterocycles. The van der Waals surface area contributed by atoms with Gasteiger partial charge in [0.05, 0.1) is 20.3 Å². The van der Waals surface area contributed by atoms with Gasteiger partial charge in [-0.2, -0.15) is 0 Å². The third kappa shape index (κ3) is 3.47. The van der Waals surface area contributed by atoms with Crippen LogP contribution in [0.2, 0.25) is 0 Å². The highest BCUT2D eigenvalue weighted by atomic mass is 16.5. The van der Waals surface area contributed by atoms with Crippen molar-refractivity contribution in [3.8, 4) is 17.6 Å². The average Bonchev–Trinajstić information content (AvgIpc) is 3.21. The van der Waals surface area contributed by atoms with Gasteiger partial charge in [0.2, 0.25) is 5.54 Å². The summed E-state index contributed by atoms with van der Waals surface area (Å²) in [6.45, 7) is 0.0553. The quantitative estimate of drug-likeness (QED) is 0.515. The van der Waals surface area contributed by atoms with Crippen LogP contribution in [0.15, 0.2) is 42.5 Å². The SMILES string of the molecule is COc1ccc2c(c1)C(=O)N(C[C@@]1(C#Cc3cccc(CO)c3)NC(=O)NC1=O)C2. The minimum atomic E-state index is -1.58. The zero-order valence-corrected chi connectivity index (χ0v) is 16.2. The number of hydrogen-bond acceptors (Lipinski definition) is 5. The van der Waals surface area contributed by atoms with Crippen molar-refractivity contribution >= 4 is 17.8 Å². The zero-order valence-electron chi connectivity index (χ0n) is 16.2. The van der Waals surface area contributed by atoms with Crippen LogP contribution in [0.25, 0.3) is 0 Å². The molecule has 2 aliphatic heterocycles. The molecule has 0 saturated carbocycles. The Balaban J connectivity index is 1.65. The van der Waals surface area contributed by atoms with Gasteiger partial charge in [-0.15, -0.1) is 0 Å². The number of aliphatic hydroxyl groups is 1. The maximum atomic E-state index is 12.9. The van der Waals surface area contributed by atoms with Crippen molar-refractivity contribution in [2.75, 3.05) is 13.7 Å². The molecule has 2 aromatic rings. The third-order valence-corrected chi connectivity index (χ3v) is 5.10. The molecule has 2 aliphatic rings. The second-order valence-electron chi connectivity index (χ2n) is 7.11. The van der Waals surface area contributed by atoms with Gasteiger partial charge in [-0.05, 0) is 35.4 Å². The van der Waals surface area contributed by atoms with E-state index in [0.29, 0.717) is 29.0 Å². The van der Waals surface area contributed by atoms with Crippen molar-refractivity contribution < 1.29 is 24.2 Å². The molecule has 2 heterocycles. The molecular weight excluding hydrogens is 386 g/mol. The van der Waals surface area contributed by atoms with Gasteiger partial charge in [0.15, 0.2) is 0 Å². The molecule has 0 aliphatic carbocycles. The summed E-state index contributed by atoms with van der Waals surface area (Å²) in [6.07, 6.45) is 0. The van der Waals surface area contributed by atoms with Gasteiger partial charge in [-0.25, -0.2) is 4.79 Å². The molecule has 0 bridgehead atoms. The second kappa shape index (κ2) is 7.54. The van der Waals surface area contributed by atoms with Gasteiger partial charge >= 0.3 is 6.03 Å². The number of methoxy groups -OCH3 is 1. The fourth-order valence-corrected chi connectivity index (χ4v) is 3.54. The first-order chi connectivity index (χ1) is 14.4. The minimum absolute atomic E-state index is 0.104. The Kier molecular flexibility index (Phi) is 4.90. The van der Waals surface area contributed by atoms with E-state index in [9.17, 15) is 19.5 Å². The molecule has 8 nitrogen and oxygen atoms in total. The number of aliphatic hydroxyl groups excluding tert-OH is 1. The molecule has 0 unspecified atom stereocenters. The van der Waals surface area contributed by atoms with Gasteiger partial charge in [0.25, 0.3) is 11.8 Å². The summed E-state index contributed by atoms with van der Waals surface area (Å²) in [7, 11) is 1.52. The Hall–Kier alpha value is -3.83. The van der Waals surface area contributed by atoms with E-state index in [0.717, 1.165) is 5.56 Å². The van der Waals surface area contributed by atoms with Crippen molar-refractivity contribution in [2.24, 2.45) is 0 Å². The van der Waals surface area contributed by atoms with Gasteiger partial charge < -0.3 is 20.1 Å². The first-order valence-electron chi connectivity index (χ1n) is 9.27. The van der Waals surface area contributed by atoms with E-state index in [-0.39, 0.29) is 19.1 Å². The Morgan fingerprint density at radius 1 is 1.20 bits per heavy atom. The smallest absolute Gasteiger partial charge is 0.323 e. The predicted octanol–water partition coefficient (Wildman–Crippen LogP) is 0.773. The lowest BCUT2D eigenvalue weighted by molar-refractivity contribution is -0.122. The van der Waals surface area contributed by atoms with E-state index in [1.807, 2.05) is 0 Å². The van der Waals surface area contributed by atoms with Crippen molar-refractivity contribution in [1.29, 1.82) is 0 Å². The van der Waals surface area contributed by atoms with Gasteiger partial charge in [0.1, 0.15) is 5.75 Å². The highest BCUT2D eigenvalue weighted by molar-refractivity contribution is 6.10. The summed E-state index contributed by atoms with van der Waals surface area (Å²) < 4.78 is 5.18. The molecule has 30 heavy (non-hydrogen) atoms. The fourth-order valence-electron chi connectivity index (χ4n) is 3.54. The maximum absolute atomic E-state index is 12.9. The summed E-state index contributed by atoms with van der Waals surface area (Å²) >= 11 is 0. The number of nitrogens with zero attached hydrogens (tertiary/aromatic N) is 1. The Bertz CT molecular complexity index is 1120. The van der Waals surface area contributed by atoms with E-state index in [1.165, 1.54) is 12.0 Å². The monoisotopic (exact) mass is 405 g/mol. The lowest BCUT2D eigenvalue weighted by Gasteiger charge is -2.26. The number of rotatable bonds is 4. The highest BCUT2D eigenvalue weighted by Gasteiger charge is 2.48. The van der Waals surface area contributed by atoms with Crippen molar-refractivity contribution in [3.05, 3.63) is 64.7 Å². The minimum Gasteiger partial charge on any atom is -0.497 e. The summed E-state index contributed by atoms with van der Waals surface area (Å²) in [5, 5.41) is 14.1. The number of carbonyl (C=O) groups is 3. The first-order valence-corrected chi connectivity index (χ1v) is 9.27. The molecule has 0 aromatic heterocycles. The Labute approximate surface area is 172 Å². The number of benzene rings is 2. The van der Waals surface area contributed by atoms with Crippen molar-refractivity contribution in [1.82, 2.24) is 15.5 Å². The van der Waals surface area contributed by atoms with Crippen LogP contribution in [0.1, 0.15) is 27.0 Å². The molecule has 1 fully saturated rings. The molecule has 152 valence electrons. The average molecular weight is 405 g/mol. The number of fused-ring (bicyclic) bond motifs is 1. The molecule has 4 rings (SSSR count). The van der Waals surface area contributed by atoms with Crippen LogP contribution in [-0.2, 0) is 17.9 Å². The Morgan fingerprint density at radius 3 is 2.73 bits per heavy atom. The van der Waals surface area contributed by atoms with Gasteiger partial charge in [-0.1, -0.05) is 30.0 Å². The number of carbonyl (C=O) groups excluding carboxylic acids is 3. The number of amides is 4. The van der Waals surface area contributed by atoms with Crippen LogP contribution in [0.5, 0.6) is 5.75 Å². The van der Waals surface area contributed by atoms with Gasteiger partial charge in [0, 0.05) is 17.7 Å². The molecule has 0 radical (unpaired) electrons. The van der Waals surface area contributed by atoms with Crippen LogP contribution >= 0.6 is 0 Å². The fraction of sp³-hybridized carbons (Fsp3) is 0.227. The van der Waals surface area contributed by atoms with Crippen molar-refractivity contribution in [2.45, 2.75) is 18.7 Å². The molecule has 0 spiro atoms. The Morgan fingerprint density at radius 2 is 2.03 bits per heavy atom. The molecule has 3 N–H and O–H groups in total. The van der Waals surface area contributed by atoms with Crippen LogP contribution < -0.4 is 15.4 Å². The van der Waals surface area contributed by atoms with E-state index < -0.39 is 17.5 Å². The maximum Gasteiger partial charge on any atom is 0.323 e. The van der Waals surface area contributed by atoms with E-state index in [2.05, 4.69) is 22.5 Å². The van der Waals surface area contributed by atoms with Gasteiger partial charge in [-0.3, -0.25) is 14.9 Å². The zero-order chi connectivity index (χ0) is 21.3. The summed E-state index contributed by atoms with van der Waals surface area (Å²) in [5.74, 6) is 5.42. The number of ether oxygens (including phenoxy) is 1. The topological polar surface area (TPSA) is 108 Å². The highest BCUT2D eigenvalue weighted by Crippen LogP contribution is 2.28. The summed E-state index contributed by atoms with van der Waals surface area (Å²) in [6, 6.07) is 11.5. The normalized spacial score (nSPS) is 19.7. The first kappa shape index (κ1) is 19.5. The molecule has 1 atom stereocenters. The lowest BCUT2D eigenvalue weighted by Crippen LogP contribution is -2.54. The number of hydrogen-bond donors (Lipinski definition) is 3. The number of imide groups is 1. The molecule has 8 heteroatoms. The molecular formula is C22H19N3O5. The largest absolute Gasteiger partial charge is 0.497 e. The van der Waals surface area contributed by atoms with E-state index in [4.69, 9.17) is 4.74 Å². The standard InChI is InChI=1S/C22H19N3O5/c1-30-17-6-5-16-11-25(19(27)18(16)10-17)13-22(20(28)23-21(29)24-22)8-7-14-3-2-4-15(9-14)12-26/h2-6,9-10,26H,11-13H2,1H3,(H2,23,24,28,29)/t22-/m1/s1. The van der Waals surface area contributed by atoms with Crippen LogP contribution in [-0.4, -0.2) is 47.0 Å². The van der Waals surface area contributed by atoms with E-state index >= 15 is 0 Å². The number of nitrogens with one attached hydrogen (secondary N) is 2. The molecule has 4 amide bonds. The molecule has 2 aromatic carbocycles. The third-order valence-electron chi connectivity index (χ3n) is 5.10. The second-order valence-corrected chi connectivity index (χ2v) is 7.11. The predicted molar refractivity (Wildman–Crippen MR) is 106 cm³/mol. The number of urea groups is 1. The van der Waals surface area contributed by atoms with Crippen LogP contribution in [0, 0.1) is 11.8 Å². The van der Waals surface area contributed by atoms with Crippen LogP contribution in [0.3, 0.4) is 0 Å². The summed E-state index contributed by atoms with van der Waals surface area (Å²) in [5.41, 5.74) is 0.987. The van der Waals surface area contributed by atoms with E-state index in [1.54, 1.807) is 42.5 Å². The summed E-state index contributed by atoms with van der Waals surface area (Å²) in [4.78, 5) is 38.9.